The van der Waals surface area contributed by atoms with Crippen LogP contribution in [0.25, 0.3) is 0 Å². The maximum absolute atomic E-state index is 6.04. The van der Waals surface area contributed by atoms with Gasteiger partial charge in [-0.2, -0.15) is 0 Å². The minimum atomic E-state index is 0.823. The lowest BCUT2D eigenvalue weighted by molar-refractivity contribution is 0.182. The van der Waals surface area contributed by atoms with Gasteiger partial charge in [-0.1, -0.05) is 18.6 Å². The lowest BCUT2D eigenvalue weighted by Crippen LogP contribution is -2.33. The predicted octanol–water partition coefficient (Wildman–Crippen LogP) is 2.20. The SMILES string of the molecule is c1cc2c(c(OCCN3CCCCC3)c1)CCNC2. The molecule has 0 saturated carbocycles. The molecule has 19 heavy (non-hydrogen) atoms. The van der Waals surface area contributed by atoms with E-state index >= 15 is 0 Å². The Kier molecular flexibility index (Phi) is 4.36. The van der Waals surface area contributed by atoms with E-state index in [2.05, 4.69) is 28.4 Å². The maximum Gasteiger partial charge on any atom is 0.122 e. The Balaban J connectivity index is 1.54. The van der Waals surface area contributed by atoms with Gasteiger partial charge in [-0.25, -0.2) is 0 Å². The molecule has 0 amide bonds. The fourth-order valence-electron chi connectivity index (χ4n) is 3.10. The van der Waals surface area contributed by atoms with Crippen LogP contribution >= 0.6 is 0 Å². The van der Waals surface area contributed by atoms with Gasteiger partial charge in [0.05, 0.1) is 0 Å². The average Bonchev–Trinajstić information content (AvgIpc) is 2.49. The fourth-order valence-corrected chi connectivity index (χ4v) is 3.10. The van der Waals surface area contributed by atoms with Gasteiger partial charge in [-0.15, -0.1) is 0 Å². The van der Waals surface area contributed by atoms with Gasteiger partial charge in [0.1, 0.15) is 12.4 Å². The van der Waals surface area contributed by atoms with E-state index in [9.17, 15) is 0 Å². The van der Waals surface area contributed by atoms with Gasteiger partial charge in [0.2, 0.25) is 0 Å². The summed E-state index contributed by atoms with van der Waals surface area (Å²) in [4.78, 5) is 2.53. The smallest absolute Gasteiger partial charge is 0.122 e. The Bertz CT molecular complexity index is 413. The molecule has 2 heterocycles. The molecule has 0 aliphatic carbocycles. The van der Waals surface area contributed by atoms with Crippen molar-refractivity contribution in [2.24, 2.45) is 0 Å². The van der Waals surface area contributed by atoms with Crippen molar-refractivity contribution in [2.45, 2.75) is 32.2 Å². The third-order valence-corrected chi connectivity index (χ3v) is 4.21. The zero-order valence-corrected chi connectivity index (χ0v) is 11.7. The van der Waals surface area contributed by atoms with Gasteiger partial charge in [-0.05, 0) is 56.1 Å². The number of nitrogens with one attached hydrogen (secondary N) is 1. The summed E-state index contributed by atoms with van der Waals surface area (Å²) in [6.07, 6.45) is 5.20. The average molecular weight is 260 g/mol. The lowest BCUT2D eigenvalue weighted by atomic mass is 10.0. The van der Waals surface area contributed by atoms with Crippen LogP contribution in [0.1, 0.15) is 30.4 Å². The second-order valence-corrected chi connectivity index (χ2v) is 5.57. The van der Waals surface area contributed by atoms with Crippen LogP contribution < -0.4 is 10.1 Å². The quantitative estimate of drug-likeness (QED) is 0.898. The predicted molar refractivity (Wildman–Crippen MR) is 77.6 cm³/mol. The molecule has 0 bridgehead atoms. The fraction of sp³-hybridized carbons (Fsp3) is 0.625. The summed E-state index contributed by atoms with van der Waals surface area (Å²) in [5.41, 5.74) is 2.82. The first-order valence-electron chi connectivity index (χ1n) is 7.60. The van der Waals surface area contributed by atoms with Crippen molar-refractivity contribution in [3.63, 3.8) is 0 Å². The van der Waals surface area contributed by atoms with Crippen LogP contribution in [0, 0.1) is 0 Å². The molecule has 0 radical (unpaired) electrons. The highest BCUT2D eigenvalue weighted by Crippen LogP contribution is 2.25. The Hall–Kier alpha value is -1.06. The molecule has 1 aromatic rings. The van der Waals surface area contributed by atoms with E-state index in [4.69, 9.17) is 4.74 Å². The number of likely N-dealkylation sites (tertiary alicyclic amines) is 1. The Morgan fingerprint density at radius 3 is 2.95 bits per heavy atom. The normalized spacial score (nSPS) is 20.0. The largest absolute Gasteiger partial charge is 0.492 e. The van der Waals surface area contributed by atoms with E-state index in [1.165, 1.54) is 43.5 Å². The Morgan fingerprint density at radius 2 is 2.05 bits per heavy atom. The van der Waals surface area contributed by atoms with Crippen LogP contribution in [0.5, 0.6) is 5.75 Å². The van der Waals surface area contributed by atoms with Crippen LogP contribution in [0.2, 0.25) is 0 Å². The summed E-state index contributed by atoms with van der Waals surface area (Å²) in [7, 11) is 0. The number of rotatable bonds is 4. The molecule has 2 aliphatic rings. The first-order chi connectivity index (χ1) is 9.43. The highest BCUT2D eigenvalue weighted by molar-refractivity contribution is 5.41. The molecule has 1 N–H and O–H groups in total. The van der Waals surface area contributed by atoms with Gasteiger partial charge < -0.3 is 10.1 Å². The van der Waals surface area contributed by atoms with E-state index in [-0.39, 0.29) is 0 Å². The summed E-state index contributed by atoms with van der Waals surface area (Å²) >= 11 is 0. The monoisotopic (exact) mass is 260 g/mol. The molecule has 0 unspecified atom stereocenters. The Labute approximate surface area is 115 Å². The molecule has 0 atom stereocenters. The van der Waals surface area contributed by atoms with Crippen molar-refractivity contribution in [1.82, 2.24) is 10.2 Å². The Morgan fingerprint density at radius 1 is 1.16 bits per heavy atom. The lowest BCUT2D eigenvalue weighted by Gasteiger charge is -2.27. The van der Waals surface area contributed by atoms with Crippen molar-refractivity contribution >= 4 is 0 Å². The van der Waals surface area contributed by atoms with E-state index < -0.39 is 0 Å². The molecule has 1 saturated heterocycles. The highest BCUT2D eigenvalue weighted by atomic mass is 16.5. The van der Waals surface area contributed by atoms with Gasteiger partial charge in [0, 0.05) is 13.1 Å². The molecule has 1 fully saturated rings. The maximum atomic E-state index is 6.04. The van der Waals surface area contributed by atoms with Crippen LogP contribution in [0.3, 0.4) is 0 Å². The summed E-state index contributed by atoms with van der Waals surface area (Å²) < 4.78 is 6.04. The van der Waals surface area contributed by atoms with Crippen molar-refractivity contribution < 1.29 is 4.74 Å². The molecular formula is C16H24N2O. The van der Waals surface area contributed by atoms with Crippen molar-refractivity contribution in [2.75, 3.05) is 32.8 Å². The van der Waals surface area contributed by atoms with Crippen LogP contribution in [-0.4, -0.2) is 37.7 Å². The number of hydrogen-bond donors (Lipinski definition) is 1. The van der Waals surface area contributed by atoms with Crippen molar-refractivity contribution in [1.29, 1.82) is 0 Å². The van der Waals surface area contributed by atoms with E-state index in [0.717, 1.165) is 38.4 Å². The summed E-state index contributed by atoms with van der Waals surface area (Å²) in [5.74, 6) is 1.11. The molecule has 3 rings (SSSR count). The summed E-state index contributed by atoms with van der Waals surface area (Å²) in [6, 6.07) is 6.45. The van der Waals surface area contributed by atoms with Crippen LogP contribution in [-0.2, 0) is 13.0 Å². The molecule has 2 aliphatic heterocycles. The standard InChI is InChI=1S/C16H24N2O/c1-2-9-18(10-3-1)11-12-19-16-6-4-5-14-13-17-8-7-15(14)16/h4-6,17H,1-3,7-13H2. The molecular weight excluding hydrogens is 236 g/mol. The number of benzene rings is 1. The van der Waals surface area contributed by atoms with E-state index in [1.807, 2.05) is 0 Å². The second kappa shape index (κ2) is 6.40. The minimum Gasteiger partial charge on any atom is -0.492 e. The topological polar surface area (TPSA) is 24.5 Å². The third-order valence-electron chi connectivity index (χ3n) is 4.21. The third kappa shape index (κ3) is 3.28. The molecule has 1 aromatic carbocycles. The number of nitrogens with zero attached hydrogens (tertiary/aromatic N) is 1. The second-order valence-electron chi connectivity index (χ2n) is 5.57. The first-order valence-corrected chi connectivity index (χ1v) is 7.60. The zero-order chi connectivity index (χ0) is 12.9. The molecule has 104 valence electrons. The van der Waals surface area contributed by atoms with E-state index in [1.54, 1.807) is 0 Å². The van der Waals surface area contributed by atoms with Crippen molar-refractivity contribution in [3.05, 3.63) is 29.3 Å². The number of ether oxygens (including phenoxy) is 1. The summed E-state index contributed by atoms with van der Waals surface area (Å²) in [5, 5.41) is 3.41. The zero-order valence-electron chi connectivity index (χ0n) is 11.7. The molecule has 0 aromatic heterocycles. The highest BCUT2D eigenvalue weighted by Gasteiger charge is 2.14. The van der Waals surface area contributed by atoms with Gasteiger partial charge in [-0.3, -0.25) is 4.90 Å². The number of hydrogen-bond acceptors (Lipinski definition) is 3. The number of piperidine rings is 1. The van der Waals surface area contributed by atoms with E-state index in [0.29, 0.717) is 0 Å². The molecule has 0 spiro atoms. The van der Waals surface area contributed by atoms with Crippen LogP contribution in [0.4, 0.5) is 0 Å². The van der Waals surface area contributed by atoms with Gasteiger partial charge in [0.15, 0.2) is 0 Å². The molecule has 3 heteroatoms. The number of fused-ring (bicyclic) bond motifs is 1. The minimum absolute atomic E-state index is 0.823. The first kappa shape index (κ1) is 12.9. The van der Waals surface area contributed by atoms with Crippen LogP contribution in [0.15, 0.2) is 18.2 Å². The van der Waals surface area contributed by atoms with Crippen molar-refractivity contribution in [3.8, 4) is 5.75 Å². The summed E-state index contributed by atoms with van der Waals surface area (Å²) in [6.45, 7) is 6.45. The molecule has 3 nitrogen and oxygen atoms in total. The van der Waals surface area contributed by atoms with Gasteiger partial charge in [0.25, 0.3) is 0 Å². The van der Waals surface area contributed by atoms with Gasteiger partial charge >= 0.3 is 0 Å².